The lowest BCUT2D eigenvalue weighted by atomic mass is 9.72. The van der Waals surface area contributed by atoms with Gasteiger partial charge < -0.3 is 5.73 Å². The topological polar surface area (TPSA) is 29.3 Å². The van der Waals surface area contributed by atoms with Crippen molar-refractivity contribution in [3.05, 3.63) is 22.4 Å². The molecule has 0 spiro atoms. The highest BCUT2D eigenvalue weighted by atomic mass is 32.1. The third-order valence-corrected chi connectivity index (χ3v) is 5.57. The van der Waals surface area contributed by atoms with Crippen LogP contribution in [0.2, 0.25) is 0 Å². The second kappa shape index (κ2) is 7.41. The lowest BCUT2D eigenvalue weighted by molar-refractivity contribution is 0.146. The molecule has 108 valence electrons. The molecule has 0 aromatic carbocycles. The second-order valence-corrected chi connectivity index (χ2v) is 7.00. The summed E-state index contributed by atoms with van der Waals surface area (Å²) in [5, 5.41) is 2.17. The highest BCUT2D eigenvalue weighted by Gasteiger charge is 2.30. The number of thiophene rings is 1. The Morgan fingerprint density at radius 2 is 2.11 bits per heavy atom. The Kier molecular flexibility index (Phi) is 5.86. The summed E-state index contributed by atoms with van der Waals surface area (Å²) >= 11 is 1.87. The van der Waals surface area contributed by atoms with Gasteiger partial charge in [-0.15, -0.1) is 11.3 Å². The largest absolute Gasteiger partial charge is 0.330 e. The maximum absolute atomic E-state index is 6.09. The molecule has 1 fully saturated rings. The average molecular weight is 280 g/mol. The van der Waals surface area contributed by atoms with Crippen molar-refractivity contribution in [2.24, 2.45) is 11.1 Å². The maximum atomic E-state index is 6.09. The fourth-order valence-corrected chi connectivity index (χ4v) is 3.97. The molecular formula is C16H28N2S. The molecule has 1 heterocycles. The van der Waals surface area contributed by atoms with E-state index < -0.39 is 0 Å². The van der Waals surface area contributed by atoms with Gasteiger partial charge in [-0.3, -0.25) is 4.90 Å². The van der Waals surface area contributed by atoms with E-state index in [2.05, 4.69) is 29.3 Å². The molecule has 1 aliphatic carbocycles. The molecule has 0 saturated heterocycles. The van der Waals surface area contributed by atoms with Crippen LogP contribution in [0.5, 0.6) is 0 Å². The first-order valence-corrected chi connectivity index (χ1v) is 8.61. The van der Waals surface area contributed by atoms with E-state index in [1.807, 2.05) is 11.3 Å². The molecule has 1 aliphatic rings. The van der Waals surface area contributed by atoms with Crippen LogP contribution >= 0.6 is 11.3 Å². The predicted molar refractivity (Wildman–Crippen MR) is 84.5 cm³/mol. The van der Waals surface area contributed by atoms with Gasteiger partial charge in [0.2, 0.25) is 0 Å². The molecule has 1 saturated carbocycles. The van der Waals surface area contributed by atoms with Crippen LogP contribution in [0.4, 0.5) is 0 Å². The first-order chi connectivity index (χ1) is 9.28. The van der Waals surface area contributed by atoms with Gasteiger partial charge in [0.15, 0.2) is 0 Å². The molecule has 19 heavy (non-hydrogen) atoms. The van der Waals surface area contributed by atoms with Gasteiger partial charge in [0, 0.05) is 11.4 Å². The van der Waals surface area contributed by atoms with Crippen LogP contribution in [-0.2, 0) is 6.54 Å². The minimum absolute atomic E-state index is 0.446. The minimum atomic E-state index is 0.446. The molecule has 0 radical (unpaired) electrons. The fourth-order valence-electron chi connectivity index (χ4n) is 3.23. The van der Waals surface area contributed by atoms with Crippen LogP contribution in [-0.4, -0.2) is 24.5 Å². The van der Waals surface area contributed by atoms with Crippen LogP contribution in [0.3, 0.4) is 0 Å². The van der Waals surface area contributed by atoms with Gasteiger partial charge in [-0.2, -0.15) is 0 Å². The highest BCUT2D eigenvalue weighted by molar-refractivity contribution is 7.09. The van der Waals surface area contributed by atoms with Gasteiger partial charge in [0.1, 0.15) is 0 Å². The Hall–Kier alpha value is -0.380. The van der Waals surface area contributed by atoms with Crippen LogP contribution in [0.1, 0.15) is 50.3 Å². The first kappa shape index (κ1) is 15.0. The molecule has 0 bridgehead atoms. The molecule has 2 nitrogen and oxygen atoms in total. The Balaban J connectivity index is 1.84. The van der Waals surface area contributed by atoms with Gasteiger partial charge >= 0.3 is 0 Å². The standard InChI is InChI=1S/C16H28N2S/c1-2-18(13-15-7-6-12-19-15)11-10-16(14-17)8-4-3-5-9-16/h6-7,12H,2-5,8-11,13-14,17H2,1H3. The molecule has 2 rings (SSSR count). The Morgan fingerprint density at radius 3 is 2.68 bits per heavy atom. The molecular weight excluding hydrogens is 252 g/mol. The van der Waals surface area contributed by atoms with Crippen molar-refractivity contribution >= 4 is 11.3 Å². The smallest absolute Gasteiger partial charge is 0.0327 e. The average Bonchev–Trinajstić information content (AvgIpc) is 2.97. The zero-order chi connectivity index (χ0) is 13.6. The van der Waals surface area contributed by atoms with E-state index in [1.54, 1.807) is 0 Å². The van der Waals surface area contributed by atoms with Crippen molar-refractivity contribution in [2.45, 2.75) is 52.0 Å². The minimum Gasteiger partial charge on any atom is -0.330 e. The zero-order valence-corrected chi connectivity index (χ0v) is 13.1. The molecule has 3 heteroatoms. The zero-order valence-electron chi connectivity index (χ0n) is 12.2. The van der Waals surface area contributed by atoms with E-state index in [4.69, 9.17) is 5.73 Å². The van der Waals surface area contributed by atoms with Crippen LogP contribution in [0, 0.1) is 5.41 Å². The Labute approximate surface area is 122 Å². The van der Waals surface area contributed by atoms with E-state index >= 15 is 0 Å². The van der Waals surface area contributed by atoms with E-state index in [0.29, 0.717) is 5.41 Å². The SMILES string of the molecule is CCN(CCC1(CN)CCCCC1)Cc1cccs1. The summed E-state index contributed by atoms with van der Waals surface area (Å²) in [6.45, 7) is 6.59. The summed E-state index contributed by atoms with van der Waals surface area (Å²) in [6.07, 6.45) is 8.15. The number of hydrogen-bond acceptors (Lipinski definition) is 3. The maximum Gasteiger partial charge on any atom is 0.0327 e. The van der Waals surface area contributed by atoms with Crippen molar-refractivity contribution in [3.63, 3.8) is 0 Å². The highest BCUT2D eigenvalue weighted by Crippen LogP contribution is 2.38. The molecule has 1 aromatic rings. The third-order valence-electron chi connectivity index (χ3n) is 4.71. The van der Waals surface area contributed by atoms with Gasteiger partial charge in [-0.05, 0) is 55.8 Å². The number of rotatable bonds is 7. The Bertz CT molecular complexity index is 342. The molecule has 0 amide bonds. The molecule has 0 aliphatic heterocycles. The molecule has 0 atom stereocenters. The van der Waals surface area contributed by atoms with Gasteiger partial charge in [-0.1, -0.05) is 32.3 Å². The van der Waals surface area contributed by atoms with Crippen molar-refractivity contribution in [1.82, 2.24) is 4.90 Å². The predicted octanol–water partition coefficient (Wildman–Crippen LogP) is 3.87. The number of nitrogens with two attached hydrogens (primary N) is 1. The third kappa shape index (κ3) is 4.30. The van der Waals surface area contributed by atoms with Gasteiger partial charge in [-0.25, -0.2) is 0 Å². The number of nitrogens with zero attached hydrogens (tertiary/aromatic N) is 1. The van der Waals surface area contributed by atoms with E-state index in [-0.39, 0.29) is 0 Å². The summed E-state index contributed by atoms with van der Waals surface area (Å²) in [5.41, 5.74) is 6.53. The lowest BCUT2D eigenvalue weighted by Gasteiger charge is -2.38. The van der Waals surface area contributed by atoms with Crippen LogP contribution in [0.25, 0.3) is 0 Å². The second-order valence-electron chi connectivity index (χ2n) is 5.96. The van der Waals surface area contributed by atoms with Crippen molar-refractivity contribution < 1.29 is 0 Å². The van der Waals surface area contributed by atoms with E-state index in [1.165, 1.54) is 49.9 Å². The molecule has 1 aromatic heterocycles. The quantitative estimate of drug-likeness (QED) is 0.821. The van der Waals surface area contributed by atoms with Crippen LogP contribution < -0.4 is 5.73 Å². The van der Waals surface area contributed by atoms with Crippen molar-refractivity contribution in [1.29, 1.82) is 0 Å². The summed E-state index contributed by atoms with van der Waals surface area (Å²) < 4.78 is 0. The number of hydrogen-bond donors (Lipinski definition) is 1. The normalized spacial score (nSPS) is 18.9. The summed E-state index contributed by atoms with van der Waals surface area (Å²) in [6, 6.07) is 4.39. The van der Waals surface area contributed by atoms with E-state index in [9.17, 15) is 0 Å². The van der Waals surface area contributed by atoms with Gasteiger partial charge in [0.05, 0.1) is 0 Å². The van der Waals surface area contributed by atoms with Crippen molar-refractivity contribution in [3.8, 4) is 0 Å². The van der Waals surface area contributed by atoms with Gasteiger partial charge in [0.25, 0.3) is 0 Å². The van der Waals surface area contributed by atoms with Crippen LogP contribution in [0.15, 0.2) is 17.5 Å². The Morgan fingerprint density at radius 1 is 1.32 bits per heavy atom. The summed E-state index contributed by atoms with van der Waals surface area (Å²) in [4.78, 5) is 4.05. The van der Waals surface area contributed by atoms with E-state index in [0.717, 1.165) is 19.6 Å². The summed E-state index contributed by atoms with van der Waals surface area (Å²) in [7, 11) is 0. The molecule has 0 unspecified atom stereocenters. The monoisotopic (exact) mass is 280 g/mol. The lowest BCUT2D eigenvalue weighted by Crippen LogP contribution is -2.37. The fraction of sp³-hybridized carbons (Fsp3) is 0.750. The summed E-state index contributed by atoms with van der Waals surface area (Å²) in [5.74, 6) is 0. The first-order valence-electron chi connectivity index (χ1n) is 7.73. The van der Waals surface area contributed by atoms with Crippen molar-refractivity contribution in [2.75, 3.05) is 19.6 Å². The molecule has 2 N–H and O–H groups in total.